The first-order chi connectivity index (χ1) is 46.5. The van der Waals surface area contributed by atoms with Crippen molar-refractivity contribution in [3.8, 4) is 22.3 Å². The lowest BCUT2D eigenvalue weighted by Gasteiger charge is -2.34. The third-order valence-electron chi connectivity index (χ3n) is 22.1. The maximum absolute atomic E-state index is 2.73. The van der Waals surface area contributed by atoms with Crippen LogP contribution >= 0.6 is 0 Å². The molecule has 13 rings (SSSR count). The topological polar surface area (TPSA) is 6.48 Å². The number of anilines is 6. The molecule has 0 N–H and O–H groups in total. The van der Waals surface area contributed by atoms with Crippen LogP contribution < -0.4 is 9.80 Å². The molecule has 11 aromatic rings. The van der Waals surface area contributed by atoms with Gasteiger partial charge in [0.15, 0.2) is 0 Å². The number of hydrogen-bond acceptors (Lipinski definition) is 2. The molecule has 0 atom stereocenters. The summed E-state index contributed by atoms with van der Waals surface area (Å²) in [5.41, 5.74) is 19.0. The highest BCUT2D eigenvalue weighted by atomic mass is 15.1. The molecule has 0 saturated carbocycles. The molecule has 2 aliphatic carbocycles. The number of fused-ring (bicyclic) bond motifs is 12. The van der Waals surface area contributed by atoms with E-state index in [-0.39, 0.29) is 10.8 Å². The summed E-state index contributed by atoms with van der Waals surface area (Å²) in [7, 11) is 0. The second-order valence-electron chi connectivity index (χ2n) is 28.4. The fourth-order valence-corrected chi connectivity index (χ4v) is 17.2. The van der Waals surface area contributed by atoms with Crippen molar-refractivity contribution in [1.82, 2.24) is 0 Å². The molecule has 11 aromatic carbocycles. The van der Waals surface area contributed by atoms with Crippen molar-refractivity contribution in [2.45, 2.75) is 218 Å². The Balaban J connectivity index is 0.957. The number of unbranched alkanes of at least 4 members (excludes halogenated alkanes) is 20. The summed E-state index contributed by atoms with van der Waals surface area (Å²) in [5, 5.41) is 10.9. The minimum atomic E-state index is -0.101. The van der Waals surface area contributed by atoms with Crippen LogP contribution in [0.1, 0.15) is 230 Å². The number of para-hydroxylation sites is 4. The van der Waals surface area contributed by atoms with E-state index in [1.807, 2.05) is 0 Å². The zero-order chi connectivity index (χ0) is 64.1. The van der Waals surface area contributed by atoms with E-state index in [1.165, 1.54) is 290 Å². The Morgan fingerprint density at radius 1 is 0.213 bits per heavy atom. The van der Waals surface area contributed by atoms with Gasteiger partial charge in [-0.05, 0) is 222 Å². The molecular weight excluding hydrogens is 1130 g/mol. The smallest absolute Gasteiger partial charge is 0.0465 e. The minimum Gasteiger partial charge on any atom is -0.310 e. The highest BCUT2D eigenvalue weighted by molar-refractivity contribution is 6.19. The monoisotopic (exact) mass is 1240 g/mol. The molecule has 0 bridgehead atoms. The Hall–Kier alpha value is -7.94. The number of rotatable bonds is 34. The highest BCUT2D eigenvalue weighted by Gasteiger charge is 2.45. The lowest BCUT2D eigenvalue weighted by molar-refractivity contribution is 0.398. The van der Waals surface area contributed by atoms with Crippen LogP contribution in [-0.4, -0.2) is 0 Å². The maximum atomic E-state index is 2.73. The van der Waals surface area contributed by atoms with Crippen molar-refractivity contribution in [2.24, 2.45) is 0 Å². The fourth-order valence-electron chi connectivity index (χ4n) is 17.2. The van der Waals surface area contributed by atoms with Crippen molar-refractivity contribution in [3.05, 3.63) is 241 Å². The van der Waals surface area contributed by atoms with Gasteiger partial charge in [-0.15, -0.1) is 0 Å². The van der Waals surface area contributed by atoms with E-state index in [2.05, 4.69) is 256 Å². The van der Waals surface area contributed by atoms with E-state index in [4.69, 9.17) is 0 Å². The van der Waals surface area contributed by atoms with E-state index in [9.17, 15) is 0 Å². The lowest BCUT2D eigenvalue weighted by Crippen LogP contribution is -2.26. The van der Waals surface area contributed by atoms with Crippen LogP contribution in [0.25, 0.3) is 65.3 Å². The molecule has 2 aliphatic rings. The molecule has 0 amide bonds. The molecule has 0 spiro atoms. The SMILES string of the molecule is CCCCCCCCC1(CCCCCCCC)c2cc(N(c3ccccc3)c3ccccc3)ccc2-c2cc3ccc4cc5c(ccc6cc7c(cc65)C(CCCCCCCC)(CCCCCCCC)c5cc(N(c6ccccc6)c6ccccc6)ccc5-7)cc4c3cc21. The summed E-state index contributed by atoms with van der Waals surface area (Å²) in [6.45, 7) is 9.38. The summed E-state index contributed by atoms with van der Waals surface area (Å²) >= 11 is 0. The zero-order valence-corrected chi connectivity index (χ0v) is 57.5. The average Bonchev–Trinajstić information content (AvgIpc) is 1.53. The molecule has 0 aliphatic heterocycles. The van der Waals surface area contributed by atoms with Gasteiger partial charge in [-0.2, -0.15) is 0 Å². The van der Waals surface area contributed by atoms with Gasteiger partial charge in [0, 0.05) is 45.0 Å². The van der Waals surface area contributed by atoms with Crippen LogP contribution in [0, 0.1) is 0 Å². The van der Waals surface area contributed by atoms with Gasteiger partial charge < -0.3 is 9.80 Å². The first kappa shape index (κ1) is 64.8. The van der Waals surface area contributed by atoms with Crippen LogP contribution in [0.5, 0.6) is 0 Å². The minimum absolute atomic E-state index is 0.101. The Morgan fingerprint density at radius 2 is 0.468 bits per heavy atom. The third-order valence-corrected chi connectivity index (χ3v) is 22.1. The summed E-state index contributed by atoms with van der Waals surface area (Å²) in [4.78, 5) is 4.98. The van der Waals surface area contributed by atoms with Gasteiger partial charge in [0.2, 0.25) is 0 Å². The molecule has 0 fully saturated rings. The van der Waals surface area contributed by atoms with E-state index in [1.54, 1.807) is 11.1 Å². The third kappa shape index (κ3) is 13.4. The van der Waals surface area contributed by atoms with Crippen LogP contribution in [0.15, 0.2) is 218 Å². The fraction of sp³-hybridized carbons (Fsp3) is 0.370. The molecule has 2 heteroatoms. The van der Waals surface area contributed by atoms with Gasteiger partial charge in [-0.3, -0.25) is 0 Å². The van der Waals surface area contributed by atoms with Gasteiger partial charge in [-0.1, -0.05) is 291 Å². The second-order valence-corrected chi connectivity index (χ2v) is 28.4. The predicted molar refractivity (Wildman–Crippen MR) is 410 cm³/mol. The molecule has 0 radical (unpaired) electrons. The van der Waals surface area contributed by atoms with Crippen LogP contribution in [0.3, 0.4) is 0 Å². The Kier molecular flexibility index (Phi) is 21.1. The zero-order valence-electron chi connectivity index (χ0n) is 57.5. The Labute approximate surface area is 564 Å². The van der Waals surface area contributed by atoms with Gasteiger partial charge in [0.25, 0.3) is 0 Å². The van der Waals surface area contributed by atoms with Gasteiger partial charge in [-0.25, -0.2) is 0 Å². The van der Waals surface area contributed by atoms with Crippen molar-refractivity contribution in [1.29, 1.82) is 0 Å². The van der Waals surface area contributed by atoms with Crippen LogP contribution in [0.4, 0.5) is 34.1 Å². The van der Waals surface area contributed by atoms with E-state index < -0.39 is 0 Å². The number of hydrogen-bond donors (Lipinski definition) is 0. The van der Waals surface area contributed by atoms with E-state index in [0.717, 1.165) is 0 Å². The second kappa shape index (κ2) is 30.6. The van der Waals surface area contributed by atoms with Gasteiger partial charge in [0.1, 0.15) is 0 Å². The van der Waals surface area contributed by atoms with Crippen molar-refractivity contribution >= 4 is 77.2 Å². The average molecular weight is 1240 g/mol. The standard InChI is InChI=1S/C92H104N2/c1-5-9-13-17-21-37-57-91(58-38-22-18-14-10-6-2)87-65-77(93(73-41-29-25-30-42-73)74-43-31-26-32-44-74)53-55-79(87)85-63-71-51-49-69-62-82-70(61-81(69)83(71)67-89(85)91)50-52-72-64-86-80-56-54-78(94(75-45-33-27-34-46-75)76-47-35-28-36-48-76)66-88(80)92(90(86)68-84(72)82,59-39-23-19-15-11-7-3)60-40-24-20-16-12-8-4/h25-36,41-56,61-68H,5-24,37-40,57-60H2,1-4H3. The maximum Gasteiger partial charge on any atom is 0.0465 e. The normalized spacial score (nSPS) is 13.4. The molecule has 2 nitrogen and oxygen atoms in total. The molecule has 94 heavy (non-hydrogen) atoms. The van der Waals surface area contributed by atoms with Crippen LogP contribution in [0.2, 0.25) is 0 Å². The van der Waals surface area contributed by atoms with E-state index in [0.29, 0.717) is 0 Å². The van der Waals surface area contributed by atoms with Crippen LogP contribution in [-0.2, 0) is 10.8 Å². The predicted octanol–water partition coefficient (Wildman–Crippen LogP) is 28.8. The van der Waals surface area contributed by atoms with Crippen molar-refractivity contribution < 1.29 is 0 Å². The van der Waals surface area contributed by atoms with E-state index >= 15 is 0 Å². The molecular formula is C92H104N2. The molecule has 0 heterocycles. The lowest BCUT2D eigenvalue weighted by atomic mass is 9.70. The van der Waals surface area contributed by atoms with Gasteiger partial charge in [0.05, 0.1) is 0 Å². The van der Waals surface area contributed by atoms with Crippen molar-refractivity contribution in [3.63, 3.8) is 0 Å². The molecule has 0 aromatic heterocycles. The first-order valence-electron chi connectivity index (χ1n) is 37.5. The summed E-state index contributed by atoms with van der Waals surface area (Å²) < 4.78 is 0. The highest BCUT2D eigenvalue weighted by Crippen LogP contribution is 2.59. The number of benzene rings is 11. The summed E-state index contributed by atoms with van der Waals surface area (Å²) in [6, 6.07) is 85.1. The quantitative estimate of drug-likeness (QED) is 0.0225. The molecule has 482 valence electrons. The molecule has 0 saturated heterocycles. The first-order valence-corrected chi connectivity index (χ1v) is 37.5. The summed E-state index contributed by atoms with van der Waals surface area (Å²) in [6.07, 6.45) is 35.8. The largest absolute Gasteiger partial charge is 0.310 e. The van der Waals surface area contributed by atoms with Crippen molar-refractivity contribution in [2.75, 3.05) is 9.80 Å². The Bertz CT molecular complexity index is 3890. The Morgan fingerprint density at radius 3 is 0.766 bits per heavy atom. The number of nitrogens with zero attached hydrogens (tertiary/aromatic N) is 2. The molecule has 0 unspecified atom stereocenters. The van der Waals surface area contributed by atoms with Gasteiger partial charge >= 0.3 is 0 Å². The summed E-state index contributed by atoms with van der Waals surface area (Å²) in [5.74, 6) is 0.